The average Bonchev–Trinajstić information content (AvgIpc) is 2.38. The Labute approximate surface area is 117 Å². The van der Waals surface area contributed by atoms with Crippen molar-refractivity contribution in [1.82, 2.24) is 5.32 Å². The van der Waals surface area contributed by atoms with Gasteiger partial charge in [-0.3, -0.25) is 15.6 Å². The molecule has 1 atom stereocenters. The smallest absolute Gasteiger partial charge is 0.217 e. The largest absolute Gasteiger partial charge is 0.382 e. The fraction of sp³-hybridized carbons (Fsp3) is 0.231. The van der Waals surface area contributed by atoms with Crippen molar-refractivity contribution in [2.24, 2.45) is 10.8 Å². The maximum Gasteiger partial charge on any atom is 0.217 e. The number of benzene rings is 1. The molecule has 0 saturated heterocycles. The molecule has 7 heteroatoms. The second-order valence-electron chi connectivity index (χ2n) is 4.15. The van der Waals surface area contributed by atoms with Gasteiger partial charge < -0.3 is 11.1 Å². The van der Waals surface area contributed by atoms with Crippen LogP contribution in [0.25, 0.3) is 0 Å². The van der Waals surface area contributed by atoms with Gasteiger partial charge in [-0.2, -0.15) is 10.4 Å². The summed E-state index contributed by atoms with van der Waals surface area (Å²) < 4.78 is 0. The van der Waals surface area contributed by atoms with Crippen LogP contribution in [0.15, 0.2) is 29.4 Å². The van der Waals surface area contributed by atoms with Crippen molar-refractivity contribution in [2.75, 3.05) is 5.43 Å². The Morgan fingerprint density at radius 2 is 2.25 bits per heavy atom. The van der Waals surface area contributed by atoms with Crippen molar-refractivity contribution >= 4 is 23.1 Å². The van der Waals surface area contributed by atoms with Gasteiger partial charge in [-0.1, -0.05) is 12.1 Å². The van der Waals surface area contributed by atoms with Gasteiger partial charge in [0.2, 0.25) is 11.6 Å². The summed E-state index contributed by atoms with van der Waals surface area (Å²) in [5, 5.41) is 22.4. The molecule has 1 unspecified atom stereocenters. The average molecular weight is 272 g/mol. The van der Waals surface area contributed by atoms with Gasteiger partial charge in [0.25, 0.3) is 0 Å². The molecule has 5 N–H and O–H groups in total. The molecule has 0 radical (unpaired) electrons. The summed E-state index contributed by atoms with van der Waals surface area (Å²) in [6.45, 7) is 3.31. The van der Waals surface area contributed by atoms with Crippen LogP contribution in [0.5, 0.6) is 0 Å². The number of nitrogens with two attached hydrogens (primary N) is 1. The molecule has 1 rings (SSSR count). The summed E-state index contributed by atoms with van der Waals surface area (Å²) in [4.78, 5) is 11.0. The monoisotopic (exact) mass is 272 g/mol. The minimum Gasteiger partial charge on any atom is -0.382 e. The van der Waals surface area contributed by atoms with Crippen LogP contribution in [0.3, 0.4) is 0 Å². The first-order valence-electron chi connectivity index (χ1n) is 5.89. The quantitative estimate of drug-likeness (QED) is 0.363. The molecule has 0 aromatic heterocycles. The number of rotatable bonds is 5. The predicted molar refractivity (Wildman–Crippen MR) is 77.3 cm³/mol. The minimum atomic E-state index is -0.400. The summed E-state index contributed by atoms with van der Waals surface area (Å²) in [5.41, 5.74) is 9.18. The lowest BCUT2D eigenvalue weighted by atomic mass is 10.1. The molecule has 104 valence electrons. The number of nitrogens with zero attached hydrogens (tertiary/aromatic N) is 2. The van der Waals surface area contributed by atoms with E-state index in [1.807, 2.05) is 13.0 Å². The topological polar surface area (TPSA) is 127 Å². The van der Waals surface area contributed by atoms with E-state index >= 15 is 0 Å². The Bertz CT molecular complexity index is 587. The SMILES string of the molecule is CC(=O)NC(C)c1cccc(N/N=C(\C#N)C(=N)N)c1. The van der Waals surface area contributed by atoms with Gasteiger partial charge >= 0.3 is 0 Å². The molecule has 0 aliphatic carbocycles. The number of anilines is 1. The summed E-state index contributed by atoms with van der Waals surface area (Å²) in [7, 11) is 0. The molecular weight excluding hydrogens is 256 g/mol. The molecule has 0 bridgehead atoms. The van der Waals surface area contributed by atoms with E-state index in [0.717, 1.165) is 5.56 Å². The highest BCUT2D eigenvalue weighted by Crippen LogP contribution is 2.17. The highest BCUT2D eigenvalue weighted by atomic mass is 16.1. The van der Waals surface area contributed by atoms with Crippen LogP contribution in [0, 0.1) is 16.7 Å². The molecule has 0 aliphatic rings. The van der Waals surface area contributed by atoms with Crippen molar-refractivity contribution in [1.29, 1.82) is 10.7 Å². The second kappa shape index (κ2) is 6.89. The normalized spacial score (nSPS) is 12.2. The number of hydrazone groups is 1. The first-order valence-corrected chi connectivity index (χ1v) is 5.89. The van der Waals surface area contributed by atoms with E-state index in [9.17, 15) is 4.79 Å². The Hall–Kier alpha value is -2.88. The van der Waals surface area contributed by atoms with E-state index in [4.69, 9.17) is 16.4 Å². The summed E-state index contributed by atoms with van der Waals surface area (Å²) in [6.07, 6.45) is 0. The third-order valence-electron chi connectivity index (χ3n) is 2.46. The van der Waals surface area contributed by atoms with Gasteiger partial charge in [0.15, 0.2) is 5.84 Å². The number of amidine groups is 1. The first kappa shape index (κ1) is 15.2. The van der Waals surface area contributed by atoms with E-state index in [-0.39, 0.29) is 17.7 Å². The zero-order valence-electron chi connectivity index (χ0n) is 11.3. The minimum absolute atomic E-state index is 0.114. The predicted octanol–water partition coefficient (Wildman–Crippen LogP) is 1.11. The Morgan fingerprint density at radius 1 is 1.55 bits per heavy atom. The molecule has 1 aromatic rings. The summed E-state index contributed by atoms with van der Waals surface area (Å²) in [5.74, 6) is -0.514. The summed E-state index contributed by atoms with van der Waals surface area (Å²) in [6, 6.07) is 8.79. The maximum absolute atomic E-state index is 11.0. The van der Waals surface area contributed by atoms with Crippen LogP contribution in [0.1, 0.15) is 25.5 Å². The second-order valence-corrected chi connectivity index (χ2v) is 4.15. The van der Waals surface area contributed by atoms with E-state index in [2.05, 4.69) is 15.8 Å². The van der Waals surface area contributed by atoms with E-state index in [1.54, 1.807) is 24.3 Å². The molecule has 1 aromatic carbocycles. The van der Waals surface area contributed by atoms with Crippen molar-refractivity contribution in [3.8, 4) is 6.07 Å². The highest BCUT2D eigenvalue weighted by Gasteiger charge is 2.07. The molecule has 0 fully saturated rings. The Morgan fingerprint density at radius 3 is 2.80 bits per heavy atom. The van der Waals surface area contributed by atoms with Crippen LogP contribution in [-0.4, -0.2) is 17.5 Å². The summed E-state index contributed by atoms with van der Waals surface area (Å²) >= 11 is 0. The molecule has 0 aliphatic heterocycles. The Kier molecular flexibility index (Phi) is 5.23. The standard InChI is InChI=1S/C13H16N6O/c1-8(17-9(2)20)10-4-3-5-11(6-10)18-19-12(7-14)13(15)16/h3-6,8,18H,1-2H3,(H3,15,16)(H,17,20)/b19-12+. The molecular formula is C13H16N6O. The van der Waals surface area contributed by atoms with Gasteiger partial charge in [0.05, 0.1) is 11.7 Å². The molecule has 1 amide bonds. The molecule has 0 saturated carbocycles. The number of hydrogen-bond donors (Lipinski definition) is 4. The first-order chi connectivity index (χ1) is 9.43. The zero-order valence-corrected chi connectivity index (χ0v) is 11.3. The maximum atomic E-state index is 11.0. The van der Waals surface area contributed by atoms with Crippen molar-refractivity contribution in [2.45, 2.75) is 19.9 Å². The lowest BCUT2D eigenvalue weighted by Crippen LogP contribution is -2.23. The highest BCUT2D eigenvalue weighted by molar-refractivity contribution is 6.45. The van der Waals surface area contributed by atoms with Crippen LogP contribution < -0.4 is 16.5 Å². The van der Waals surface area contributed by atoms with Crippen LogP contribution in [0.4, 0.5) is 5.69 Å². The zero-order chi connectivity index (χ0) is 15.1. The van der Waals surface area contributed by atoms with E-state index in [1.165, 1.54) is 6.92 Å². The molecule has 7 nitrogen and oxygen atoms in total. The number of nitrogens with one attached hydrogen (secondary N) is 3. The Balaban J connectivity index is 2.86. The number of hydrogen-bond acceptors (Lipinski definition) is 5. The lowest BCUT2D eigenvalue weighted by Gasteiger charge is -2.13. The van der Waals surface area contributed by atoms with E-state index in [0.29, 0.717) is 5.69 Å². The van der Waals surface area contributed by atoms with E-state index < -0.39 is 5.84 Å². The molecule has 20 heavy (non-hydrogen) atoms. The van der Waals surface area contributed by atoms with Crippen LogP contribution in [0.2, 0.25) is 0 Å². The van der Waals surface area contributed by atoms with Gasteiger partial charge in [0.1, 0.15) is 6.07 Å². The number of carbonyl (C=O) groups is 1. The number of nitriles is 1. The number of carbonyl (C=O) groups excluding carboxylic acids is 1. The third-order valence-corrected chi connectivity index (χ3v) is 2.46. The fourth-order valence-corrected chi connectivity index (χ4v) is 1.53. The van der Waals surface area contributed by atoms with Crippen molar-refractivity contribution < 1.29 is 4.79 Å². The van der Waals surface area contributed by atoms with Crippen LogP contribution >= 0.6 is 0 Å². The molecule has 0 spiro atoms. The van der Waals surface area contributed by atoms with Gasteiger partial charge in [-0.25, -0.2) is 0 Å². The van der Waals surface area contributed by atoms with Crippen LogP contribution in [-0.2, 0) is 4.79 Å². The van der Waals surface area contributed by atoms with Gasteiger partial charge in [-0.05, 0) is 24.6 Å². The van der Waals surface area contributed by atoms with Gasteiger partial charge in [0, 0.05) is 6.92 Å². The number of amides is 1. The van der Waals surface area contributed by atoms with Gasteiger partial charge in [-0.15, -0.1) is 0 Å². The fourth-order valence-electron chi connectivity index (χ4n) is 1.53. The third kappa shape index (κ3) is 4.42. The lowest BCUT2D eigenvalue weighted by molar-refractivity contribution is -0.119. The van der Waals surface area contributed by atoms with Crippen molar-refractivity contribution in [3.63, 3.8) is 0 Å². The molecule has 0 heterocycles. The van der Waals surface area contributed by atoms with Crippen molar-refractivity contribution in [3.05, 3.63) is 29.8 Å².